The summed E-state index contributed by atoms with van der Waals surface area (Å²) in [5, 5.41) is 0. The molecule has 7 heteroatoms. The number of fused-ring (bicyclic) bond motifs is 1. The van der Waals surface area contributed by atoms with Crippen molar-refractivity contribution in [3.63, 3.8) is 0 Å². The van der Waals surface area contributed by atoms with Crippen LogP contribution in [0, 0.1) is 11.8 Å². The first kappa shape index (κ1) is 16.5. The van der Waals surface area contributed by atoms with Gasteiger partial charge < -0.3 is 14.2 Å². The lowest BCUT2D eigenvalue weighted by atomic mass is 10.1. The molecule has 5 nitrogen and oxygen atoms in total. The smallest absolute Gasteiger partial charge is 0.309 e. The van der Waals surface area contributed by atoms with E-state index in [0.29, 0.717) is 0 Å². The summed E-state index contributed by atoms with van der Waals surface area (Å²) >= 11 is 5.89. The molecule has 21 heavy (non-hydrogen) atoms. The number of alkyl halides is 2. The zero-order chi connectivity index (χ0) is 16.0. The molecule has 0 aromatic rings. The van der Waals surface area contributed by atoms with Crippen molar-refractivity contribution >= 4 is 23.5 Å². The molecule has 1 aliphatic heterocycles. The molecule has 1 aliphatic carbocycles. The molecule has 1 heterocycles. The minimum absolute atomic E-state index is 0.116. The van der Waals surface area contributed by atoms with Crippen molar-refractivity contribution in [2.75, 3.05) is 12.5 Å². The molecule has 0 aromatic heterocycles. The molecule has 2 fully saturated rings. The van der Waals surface area contributed by atoms with Gasteiger partial charge in [0.2, 0.25) is 5.60 Å². The molecular weight excluding hydrogens is 303 g/mol. The predicted octanol–water partition coefficient (Wildman–Crippen LogP) is 1.85. The summed E-state index contributed by atoms with van der Waals surface area (Å²) in [6.45, 7) is 6.38. The normalized spacial score (nSPS) is 37.5. The number of rotatable bonds is 5. The van der Waals surface area contributed by atoms with E-state index in [1.807, 2.05) is 0 Å². The second-order valence-electron chi connectivity index (χ2n) is 6.14. The van der Waals surface area contributed by atoms with E-state index in [2.05, 4.69) is 0 Å². The van der Waals surface area contributed by atoms with Gasteiger partial charge in [0.15, 0.2) is 17.9 Å². The van der Waals surface area contributed by atoms with Crippen LogP contribution in [-0.2, 0) is 23.8 Å². The van der Waals surface area contributed by atoms with Crippen molar-refractivity contribution in [1.82, 2.24) is 0 Å². The van der Waals surface area contributed by atoms with Gasteiger partial charge in [0.25, 0.3) is 0 Å². The lowest BCUT2D eigenvalue weighted by Gasteiger charge is -2.20. The Morgan fingerprint density at radius 2 is 1.86 bits per heavy atom. The Kier molecular flexibility index (Phi) is 4.23. The summed E-state index contributed by atoms with van der Waals surface area (Å²) < 4.78 is 30.3. The van der Waals surface area contributed by atoms with Crippen LogP contribution in [0.4, 0.5) is 4.39 Å². The number of esters is 2. The first-order valence-corrected chi connectivity index (χ1v) is 7.53. The summed E-state index contributed by atoms with van der Waals surface area (Å²) in [6.07, 6.45) is -2.56. The van der Waals surface area contributed by atoms with Crippen LogP contribution in [0.25, 0.3) is 0 Å². The summed E-state index contributed by atoms with van der Waals surface area (Å²) in [4.78, 5) is 23.6. The summed E-state index contributed by atoms with van der Waals surface area (Å²) in [7, 11) is 0. The van der Waals surface area contributed by atoms with Crippen LogP contribution < -0.4 is 0 Å². The Bertz CT molecular complexity index is 455. The second-order valence-corrected chi connectivity index (χ2v) is 6.41. The summed E-state index contributed by atoms with van der Waals surface area (Å²) in [5.74, 6) is -2.00. The Balaban J connectivity index is 2.25. The monoisotopic (exact) mass is 322 g/mol. The molecule has 1 saturated heterocycles. The highest BCUT2D eigenvalue weighted by Crippen LogP contribution is 2.63. The maximum absolute atomic E-state index is 14.3. The summed E-state index contributed by atoms with van der Waals surface area (Å²) in [5.41, 5.74) is -2.89. The Morgan fingerprint density at radius 3 is 2.33 bits per heavy atom. The zero-order valence-corrected chi connectivity index (χ0v) is 13.3. The Labute approximate surface area is 128 Å². The number of carbonyl (C=O) groups is 2. The molecule has 0 bridgehead atoms. The first-order chi connectivity index (χ1) is 9.72. The van der Waals surface area contributed by atoms with Gasteiger partial charge in [-0.15, -0.1) is 11.6 Å². The fraction of sp³-hybridized carbons (Fsp3) is 0.857. The first-order valence-electron chi connectivity index (χ1n) is 7.00. The molecular formula is C14H20ClFO5. The van der Waals surface area contributed by atoms with E-state index in [1.54, 1.807) is 27.7 Å². The number of halogens is 2. The molecule has 1 unspecified atom stereocenters. The Hall–Kier alpha value is -0.880. The van der Waals surface area contributed by atoms with Gasteiger partial charge in [-0.3, -0.25) is 9.59 Å². The van der Waals surface area contributed by atoms with Gasteiger partial charge in [-0.1, -0.05) is 27.7 Å². The Morgan fingerprint density at radius 1 is 1.29 bits per heavy atom. The molecule has 0 spiro atoms. The van der Waals surface area contributed by atoms with Crippen LogP contribution in [-0.4, -0.2) is 47.9 Å². The van der Waals surface area contributed by atoms with E-state index < -0.39 is 41.3 Å². The van der Waals surface area contributed by atoms with Crippen molar-refractivity contribution in [1.29, 1.82) is 0 Å². The predicted molar refractivity (Wildman–Crippen MR) is 72.7 cm³/mol. The number of hydrogen-bond acceptors (Lipinski definition) is 5. The molecule has 0 amide bonds. The van der Waals surface area contributed by atoms with Crippen LogP contribution in [0.3, 0.4) is 0 Å². The highest BCUT2D eigenvalue weighted by molar-refractivity contribution is 6.19. The van der Waals surface area contributed by atoms with Gasteiger partial charge >= 0.3 is 11.9 Å². The molecule has 2 aliphatic rings. The fourth-order valence-corrected chi connectivity index (χ4v) is 2.99. The highest BCUT2D eigenvalue weighted by atomic mass is 35.5. The number of carbonyl (C=O) groups excluding carboxylic acids is 2. The minimum atomic E-state index is -1.61. The average Bonchev–Trinajstić information content (AvgIpc) is 2.84. The standard InChI is InChI=1S/C14H20ClFO5/c1-7(2)10(17)20-12-13(6-15)14(12,9(16)5-19-13)21-11(18)8(3)4/h7-9,12H,5-6H2,1-4H3/t9-,12?,13+,14+/m0/s1. The van der Waals surface area contributed by atoms with Gasteiger partial charge in [0.05, 0.1) is 24.3 Å². The van der Waals surface area contributed by atoms with Gasteiger partial charge in [-0.25, -0.2) is 4.39 Å². The van der Waals surface area contributed by atoms with Crippen molar-refractivity contribution < 1.29 is 28.2 Å². The van der Waals surface area contributed by atoms with Crippen LogP contribution >= 0.6 is 11.6 Å². The number of ether oxygens (including phenoxy) is 3. The lowest BCUT2D eigenvalue weighted by Crippen LogP contribution is -2.38. The quantitative estimate of drug-likeness (QED) is 0.571. The molecule has 0 N–H and O–H groups in total. The number of hydrogen-bond donors (Lipinski definition) is 0. The SMILES string of the molecule is CC(C)C(=O)OC1[C@@]2(CCl)OC[C@H](F)[C@@]12OC(=O)C(C)C. The van der Waals surface area contributed by atoms with Gasteiger partial charge in [0.1, 0.15) is 0 Å². The van der Waals surface area contributed by atoms with Crippen LogP contribution in [0.5, 0.6) is 0 Å². The average molecular weight is 323 g/mol. The molecule has 4 atom stereocenters. The topological polar surface area (TPSA) is 61.8 Å². The second kappa shape index (κ2) is 5.39. The van der Waals surface area contributed by atoms with Crippen molar-refractivity contribution in [3.8, 4) is 0 Å². The van der Waals surface area contributed by atoms with Crippen molar-refractivity contribution in [3.05, 3.63) is 0 Å². The fourth-order valence-electron chi connectivity index (χ4n) is 2.57. The molecule has 0 radical (unpaired) electrons. The maximum atomic E-state index is 14.3. The van der Waals surface area contributed by atoms with Crippen LogP contribution in [0.1, 0.15) is 27.7 Å². The molecule has 1 saturated carbocycles. The van der Waals surface area contributed by atoms with Crippen LogP contribution in [0.15, 0.2) is 0 Å². The minimum Gasteiger partial charge on any atom is -0.454 e. The molecule has 0 aromatic carbocycles. The van der Waals surface area contributed by atoms with Gasteiger partial charge in [-0.05, 0) is 0 Å². The third kappa shape index (κ3) is 2.23. The van der Waals surface area contributed by atoms with Gasteiger partial charge in [-0.2, -0.15) is 0 Å². The van der Waals surface area contributed by atoms with E-state index in [4.69, 9.17) is 25.8 Å². The lowest BCUT2D eigenvalue weighted by molar-refractivity contribution is -0.168. The van der Waals surface area contributed by atoms with Crippen LogP contribution in [0.2, 0.25) is 0 Å². The maximum Gasteiger partial charge on any atom is 0.309 e. The van der Waals surface area contributed by atoms with Crippen molar-refractivity contribution in [2.45, 2.75) is 51.2 Å². The molecule has 2 rings (SSSR count). The zero-order valence-electron chi connectivity index (χ0n) is 12.5. The highest BCUT2D eigenvalue weighted by Gasteiger charge is 2.91. The van der Waals surface area contributed by atoms with E-state index in [-0.39, 0.29) is 18.4 Å². The summed E-state index contributed by atoms with van der Waals surface area (Å²) in [6, 6.07) is 0. The van der Waals surface area contributed by atoms with E-state index in [9.17, 15) is 14.0 Å². The third-order valence-corrected chi connectivity index (χ3v) is 4.39. The van der Waals surface area contributed by atoms with Gasteiger partial charge in [0, 0.05) is 0 Å². The molecule has 120 valence electrons. The van der Waals surface area contributed by atoms with E-state index in [1.165, 1.54) is 0 Å². The third-order valence-electron chi connectivity index (χ3n) is 3.99. The van der Waals surface area contributed by atoms with Crippen molar-refractivity contribution in [2.24, 2.45) is 11.8 Å². The van der Waals surface area contributed by atoms with E-state index in [0.717, 1.165) is 0 Å². The largest absolute Gasteiger partial charge is 0.454 e. The van der Waals surface area contributed by atoms with E-state index >= 15 is 0 Å².